The van der Waals surface area contributed by atoms with Crippen molar-refractivity contribution < 1.29 is 8.42 Å². The van der Waals surface area contributed by atoms with E-state index in [1.54, 1.807) is 34.2 Å². The molecule has 0 saturated heterocycles. The molecule has 134 valence electrons. The summed E-state index contributed by atoms with van der Waals surface area (Å²) >= 11 is 8.59. The molecule has 3 heterocycles. The van der Waals surface area contributed by atoms with Crippen LogP contribution in [-0.2, 0) is 16.4 Å². The Hall–Kier alpha value is -1.78. The lowest BCUT2D eigenvalue weighted by molar-refractivity contribution is 0.583. The van der Waals surface area contributed by atoms with Crippen molar-refractivity contribution in [3.8, 4) is 11.4 Å². The molecular formula is C16H13ClN4O2S3. The fourth-order valence-corrected chi connectivity index (χ4v) is 5.47. The summed E-state index contributed by atoms with van der Waals surface area (Å²) in [5, 5.41) is 8.88. The van der Waals surface area contributed by atoms with Crippen molar-refractivity contribution in [1.29, 1.82) is 0 Å². The molecule has 0 bridgehead atoms. The van der Waals surface area contributed by atoms with Crippen molar-refractivity contribution >= 4 is 49.3 Å². The van der Waals surface area contributed by atoms with Crippen LogP contribution in [-0.4, -0.2) is 29.6 Å². The number of benzene rings is 1. The zero-order chi connectivity index (χ0) is 18.1. The first-order valence-electron chi connectivity index (χ1n) is 7.65. The van der Waals surface area contributed by atoms with E-state index >= 15 is 0 Å². The van der Waals surface area contributed by atoms with Crippen molar-refractivity contribution in [2.24, 2.45) is 0 Å². The molecule has 4 rings (SSSR count). The van der Waals surface area contributed by atoms with Gasteiger partial charge in [-0.1, -0.05) is 17.7 Å². The van der Waals surface area contributed by atoms with Crippen LogP contribution in [0.15, 0.2) is 51.4 Å². The predicted octanol–water partition coefficient (Wildman–Crippen LogP) is 3.69. The Kier molecular flexibility index (Phi) is 4.80. The van der Waals surface area contributed by atoms with Gasteiger partial charge in [0.1, 0.15) is 4.21 Å². The fraction of sp³-hybridized carbons (Fsp3) is 0.125. The summed E-state index contributed by atoms with van der Waals surface area (Å²) in [4.78, 5) is 5.29. The molecule has 1 aromatic carbocycles. The van der Waals surface area contributed by atoms with Crippen LogP contribution < -0.4 is 4.72 Å². The van der Waals surface area contributed by atoms with Gasteiger partial charge in [0.05, 0.1) is 5.69 Å². The van der Waals surface area contributed by atoms with Crippen LogP contribution in [0.2, 0.25) is 5.02 Å². The Morgan fingerprint density at radius 1 is 1.15 bits per heavy atom. The second-order valence-corrected chi connectivity index (χ2v) is 9.66. The summed E-state index contributed by atoms with van der Waals surface area (Å²) in [7, 11) is -3.45. The minimum Gasteiger partial charge on any atom is -0.210 e. The monoisotopic (exact) mass is 424 g/mol. The van der Waals surface area contributed by atoms with Crippen LogP contribution in [0.25, 0.3) is 16.3 Å². The number of hydrogen-bond acceptors (Lipinski definition) is 6. The molecule has 26 heavy (non-hydrogen) atoms. The normalized spacial score (nSPS) is 12.0. The summed E-state index contributed by atoms with van der Waals surface area (Å²) in [5.41, 5.74) is 1.79. The van der Waals surface area contributed by atoms with Gasteiger partial charge < -0.3 is 0 Å². The van der Waals surface area contributed by atoms with Crippen LogP contribution in [0.3, 0.4) is 0 Å². The van der Waals surface area contributed by atoms with Crippen LogP contribution in [0, 0.1) is 0 Å². The molecule has 4 aromatic rings. The Balaban J connectivity index is 1.50. The molecule has 1 N–H and O–H groups in total. The van der Waals surface area contributed by atoms with E-state index in [2.05, 4.69) is 14.8 Å². The van der Waals surface area contributed by atoms with Gasteiger partial charge in [0.15, 0.2) is 5.82 Å². The summed E-state index contributed by atoms with van der Waals surface area (Å²) in [5.74, 6) is 0.619. The number of sulfonamides is 1. The molecule has 0 aliphatic carbocycles. The van der Waals surface area contributed by atoms with Gasteiger partial charge >= 0.3 is 0 Å². The molecule has 0 radical (unpaired) electrons. The first kappa shape index (κ1) is 17.6. The molecule has 3 aromatic heterocycles. The largest absolute Gasteiger partial charge is 0.250 e. The Labute approximate surface area is 163 Å². The van der Waals surface area contributed by atoms with E-state index in [4.69, 9.17) is 11.6 Å². The molecule has 0 amide bonds. The van der Waals surface area contributed by atoms with Gasteiger partial charge in [0, 0.05) is 28.9 Å². The maximum Gasteiger partial charge on any atom is 0.250 e. The highest BCUT2D eigenvalue weighted by Crippen LogP contribution is 2.22. The molecular weight excluding hydrogens is 412 g/mol. The number of aromatic nitrogens is 3. The van der Waals surface area contributed by atoms with E-state index in [1.807, 2.05) is 17.5 Å². The first-order chi connectivity index (χ1) is 12.5. The molecule has 0 spiro atoms. The van der Waals surface area contributed by atoms with Gasteiger partial charge in [0.25, 0.3) is 0 Å². The summed E-state index contributed by atoms with van der Waals surface area (Å²) in [6.45, 7) is 0.294. The molecule has 0 aliphatic rings. The third-order valence-corrected chi connectivity index (χ3v) is 7.66. The van der Waals surface area contributed by atoms with Crippen molar-refractivity contribution in [2.45, 2.75) is 10.6 Å². The lowest BCUT2D eigenvalue weighted by Crippen LogP contribution is -2.25. The average Bonchev–Trinajstić information content (AvgIpc) is 3.33. The third kappa shape index (κ3) is 3.53. The standard InChI is InChI=1S/C16H13ClN4O2S3/c17-12-5-3-11(4-6-12)15-19-16-21(20-15)13(10-25-16)7-8-18-26(22,23)14-2-1-9-24-14/h1-6,9-10,18H,7-8H2. The number of rotatable bonds is 6. The molecule has 0 fully saturated rings. The second kappa shape index (κ2) is 7.09. The SMILES string of the molecule is O=S(=O)(NCCc1csc2nc(-c3ccc(Cl)cc3)nn12)c1cccs1. The number of fused-ring (bicyclic) bond motifs is 1. The van der Waals surface area contributed by atoms with Gasteiger partial charge in [0.2, 0.25) is 15.0 Å². The number of thiophene rings is 1. The van der Waals surface area contributed by atoms with Crippen molar-refractivity contribution in [2.75, 3.05) is 6.54 Å². The highest BCUT2D eigenvalue weighted by atomic mass is 35.5. The van der Waals surface area contributed by atoms with Gasteiger partial charge in [-0.3, -0.25) is 0 Å². The Morgan fingerprint density at radius 2 is 1.96 bits per heavy atom. The van der Waals surface area contributed by atoms with Gasteiger partial charge in [-0.2, -0.15) is 4.98 Å². The van der Waals surface area contributed by atoms with E-state index in [0.717, 1.165) is 16.2 Å². The number of hydrogen-bond donors (Lipinski definition) is 1. The quantitative estimate of drug-likeness (QED) is 0.512. The van der Waals surface area contributed by atoms with Gasteiger partial charge in [-0.25, -0.2) is 17.7 Å². The average molecular weight is 425 g/mol. The lowest BCUT2D eigenvalue weighted by Gasteiger charge is -2.03. The van der Waals surface area contributed by atoms with E-state index in [0.29, 0.717) is 28.0 Å². The summed E-state index contributed by atoms with van der Waals surface area (Å²) < 4.78 is 29.0. The zero-order valence-electron chi connectivity index (χ0n) is 13.3. The smallest absolute Gasteiger partial charge is 0.210 e. The van der Waals surface area contributed by atoms with Crippen LogP contribution >= 0.6 is 34.3 Å². The number of halogens is 1. The highest BCUT2D eigenvalue weighted by Gasteiger charge is 2.16. The number of nitrogens with one attached hydrogen (secondary N) is 1. The lowest BCUT2D eigenvalue weighted by atomic mass is 10.2. The van der Waals surface area contributed by atoms with Crippen LogP contribution in [0.5, 0.6) is 0 Å². The van der Waals surface area contributed by atoms with Gasteiger partial charge in [-0.05, 0) is 35.7 Å². The molecule has 10 heteroatoms. The van der Waals surface area contributed by atoms with Crippen LogP contribution in [0.1, 0.15) is 5.69 Å². The number of nitrogens with zero attached hydrogens (tertiary/aromatic N) is 3. The van der Waals surface area contributed by atoms with E-state index < -0.39 is 10.0 Å². The minimum absolute atomic E-state index is 0.294. The maximum absolute atomic E-state index is 12.2. The summed E-state index contributed by atoms with van der Waals surface area (Å²) in [6.07, 6.45) is 0.522. The highest BCUT2D eigenvalue weighted by molar-refractivity contribution is 7.91. The number of thiazole rings is 1. The van der Waals surface area contributed by atoms with E-state index in [9.17, 15) is 8.42 Å². The third-order valence-electron chi connectivity index (χ3n) is 3.69. The molecule has 0 unspecified atom stereocenters. The molecule has 6 nitrogen and oxygen atoms in total. The Bertz CT molecular complexity index is 1130. The minimum atomic E-state index is -3.45. The van der Waals surface area contributed by atoms with Crippen molar-refractivity contribution in [3.05, 3.63) is 57.9 Å². The summed E-state index contributed by atoms with van der Waals surface area (Å²) in [6, 6.07) is 10.6. The van der Waals surface area contributed by atoms with Crippen molar-refractivity contribution in [3.63, 3.8) is 0 Å². The maximum atomic E-state index is 12.2. The molecule has 0 aliphatic heterocycles. The molecule has 0 atom stereocenters. The molecule has 0 saturated carbocycles. The Morgan fingerprint density at radius 3 is 2.69 bits per heavy atom. The van der Waals surface area contributed by atoms with Crippen LogP contribution in [0.4, 0.5) is 0 Å². The van der Waals surface area contributed by atoms with E-state index in [1.165, 1.54) is 22.7 Å². The predicted molar refractivity (Wildman–Crippen MR) is 105 cm³/mol. The van der Waals surface area contributed by atoms with Crippen molar-refractivity contribution in [1.82, 2.24) is 19.3 Å². The topological polar surface area (TPSA) is 76.4 Å². The zero-order valence-corrected chi connectivity index (χ0v) is 16.5. The van der Waals surface area contributed by atoms with E-state index in [-0.39, 0.29) is 0 Å². The van der Waals surface area contributed by atoms with Gasteiger partial charge in [-0.15, -0.1) is 27.8 Å². The first-order valence-corrected chi connectivity index (χ1v) is 11.3. The second-order valence-electron chi connectivity index (χ2n) is 5.44. The fourth-order valence-electron chi connectivity index (χ4n) is 2.42.